The Morgan fingerprint density at radius 3 is 2.74 bits per heavy atom. The van der Waals surface area contributed by atoms with E-state index < -0.39 is 11.7 Å². The van der Waals surface area contributed by atoms with Gasteiger partial charge in [-0.15, -0.1) is 0 Å². The molecular weight excluding hydrogens is 341 g/mol. The molecule has 5 heteroatoms. The Morgan fingerprint density at radius 1 is 1.33 bits per heavy atom. The Morgan fingerprint density at radius 2 is 2.04 bits per heavy atom. The van der Waals surface area contributed by atoms with Gasteiger partial charge < -0.3 is 4.90 Å². The molecule has 1 N–H and O–H groups in total. The van der Waals surface area contributed by atoms with E-state index in [4.69, 9.17) is 0 Å². The Balaban J connectivity index is 1.82. The zero-order chi connectivity index (χ0) is 19.8. The Kier molecular flexibility index (Phi) is 5.05. The fourth-order valence-corrected chi connectivity index (χ4v) is 3.74. The summed E-state index contributed by atoms with van der Waals surface area (Å²) in [7, 11) is 2.13. The van der Waals surface area contributed by atoms with E-state index in [1.165, 1.54) is 23.4 Å². The van der Waals surface area contributed by atoms with Gasteiger partial charge in [0, 0.05) is 18.3 Å². The SMILES string of the molecule is Cc1cc2c(cc1/C=N\NC(=O)c1ccccc1F)[C@@H](C)CC(C)(C)N2C. The van der Waals surface area contributed by atoms with Gasteiger partial charge in [0.15, 0.2) is 0 Å². The molecule has 0 spiro atoms. The predicted molar refractivity (Wildman–Crippen MR) is 108 cm³/mol. The molecule has 0 saturated carbocycles. The van der Waals surface area contributed by atoms with Crippen LogP contribution in [-0.2, 0) is 0 Å². The third-order valence-electron chi connectivity index (χ3n) is 5.51. The van der Waals surface area contributed by atoms with Gasteiger partial charge in [-0.1, -0.05) is 19.1 Å². The van der Waals surface area contributed by atoms with E-state index in [1.807, 2.05) is 6.92 Å². The maximum absolute atomic E-state index is 13.7. The minimum atomic E-state index is -0.561. The van der Waals surface area contributed by atoms with Crippen LogP contribution in [0.25, 0.3) is 0 Å². The van der Waals surface area contributed by atoms with Crippen LogP contribution in [0.4, 0.5) is 10.1 Å². The van der Waals surface area contributed by atoms with Crippen molar-refractivity contribution < 1.29 is 9.18 Å². The molecule has 4 nitrogen and oxygen atoms in total. The fourth-order valence-electron chi connectivity index (χ4n) is 3.74. The number of benzene rings is 2. The molecule has 0 unspecified atom stereocenters. The number of nitrogens with zero attached hydrogens (tertiary/aromatic N) is 2. The highest BCUT2D eigenvalue weighted by atomic mass is 19.1. The van der Waals surface area contributed by atoms with Crippen LogP contribution >= 0.6 is 0 Å². The first kappa shape index (κ1) is 19.1. The summed E-state index contributed by atoms with van der Waals surface area (Å²) >= 11 is 0. The van der Waals surface area contributed by atoms with Crippen LogP contribution in [0.3, 0.4) is 0 Å². The topological polar surface area (TPSA) is 44.7 Å². The Hall–Kier alpha value is -2.69. The highest BCUT2D eigenvalue weighted by Gasteiger charge is 2.34. The van der Waals surface area contributed by atoms with Crippen molar-refractivity contribution in [2.75, 3.05) is 11.9 Å². The van der Waals surface area contributed by atoms with E-state index in [2.05, 4.69) is 55.4 Å². The molecule has 0 radical (unpaired) electrons. The van der Waals surface area contributed by atoms with Gasteiger partial charge in [0.25, 0.3) is 5.91 Å². The molecule has 1 amide bonds. The van der Waals surface area contributed by atoms with Crippen LogP contribution in [0, 0.1) is 12.7 Å². The number of halogens is 1. The Bertz CT molecular complexity index is 904. The van der Waals surface area contributed by atoms with Crippen molar-refractivity contribution in [1.82, 2.24) is 5.43 Å². The number of anilines is 1. The smallest absolute Gasteiger partial charge is 0.274 e. The molecule has 0 aromatic heterocycles. The van der Waals surface area contributed by atoms with E-state index >= 15 is 0 Å². The van der Waals surface area contributed by atoms with Gasteiger partial charge in [-0.05, 0) is 74.1 Å². The molecule has 3 rings (SSSR count). The maximum atomic E-state index is 13.7. The van der Waals surface area contributed by atoms with Crippen molar-refractivity contribution in [1.29, 1.82) is 0 Å². The standard InChI is InChI=1S/C22H26FN3O/c1-14-10-20-18(15(2)12-22(3,4)26(20)5)11-16(14)13-24-25-21(27)17-8-6-7-9-19(17)23/h6-11,13,15H,12H2,1-5H3,(H,25,27)/b24-13-/t15-/m0/s1. The van der Waals surface area contributed by atoms with Gasteiger partial charge in [-0.3, -0.25) is 4.79 Å². The zero-order valence-electron chi connectivity index (χ0n) is 16.5. The number of rotatable bonds is 3. The molecule has 1 atom stereocenters. The van der Waals surface area contributed by atoms with E-state index in [9.17, 15) is 9.18 Å². The summed E-state index contributed by atoms with van der Waals surface area (Å²) in [6, 6.07) is 10.2. The molecule has 1 aliphatic rings. The third-order valence-corrected chi connectivity index (χ3v) is 5.51. The van der Waals surface area contributed by atoms with E-state index in [1.54, 1.807) is 18.3 Å². The third kappa shape index (κ3) is 3.72. The van der Waals surface area contributed by atoms with Gasteiger partial charge in [0.05, 0.1) is 11.8 Å². The number of amides is 1. The number of fused-ring (bicyclic) bond motifs is 1. The molecule has 0 aliphatic carbocycles. The minimum absolute atomic E-state index is 0.0192. The van der Waals surface area contributed by atoms with Crippen molar-refractivity contribution in [2.45, 2.75) is 45.6 Å². The first-order valence-electron chi connectivity index (χ1n) is 9.17. The summed E-state index contributed by atoms with van der Waals surface area (Å²) in [4.78, 5) is 14.4. The maximum Gasteiger partial charge on any atom is 0.274 e. The van der Waals surface area contributed by atoms with Crippen LogP contribution in [-0.4, -0.2) is 24.7 Å². The molecule has 1 heterocycles. The lowest BCUT2D eigenvalue weighted by atomic mass is 9.79. The average Bonchev–Trinajstić information content (AvgIpc) is 2.60. The molecule has 0 bridgehead atoms. The van der Waals surface area contributed by atoms with E-state index in [0.29, 0.717) is 5.92 Å². The number of hydrazone groups is 1. The fraction of sp³-hybridized carbons (Fsp3) is 0.364. The molecule has 27 heavy (non-hydrogen) atoms. The van der Waals surface area contributed by atoms with Crippen molar-refractivity contribution in [3.05, 3.63) is 64.5 Å². The second-order valence-corrected chi connectivity index (χ2v) is 7.92. The van der Waals surface area contributed by atoms with Gasteiger partial charge in [0.1, 0.15) is 5.82 Å². The van der Waals surface area contributed by atoms with Gasteiger partial charge in [-0.25, -0.2) is 9.82 Å². The monoisotopic (exact) mass is 367 g/mol. The van der Waals surface area contributed by atoms with Crippen LogP contribution in [0.5, 0.6) is 0 Å². The summed E-state index contributed by atoms with van der Waals surface area (Å²) in [5.41, 5.74) is 7.05. The quantitative estimate of drug-likeness (QED) is 0.635. The van der Waals surface area contributed by atoms with E-state index in [-0.39, 0.29) is 11.1 Å². The number of nitrogens with one attached hydrogen (secondary N) is 1. The molecule has 1 aliphatic heterocycles. The van der Waals surface area contributed by atoms with Crippen LogP contribution in [0.1, 0.15) is 60.2 Å². The molecule has 2 aromatic rings. The van der Waals surface area contributed by atoms with E-state index in [0.717, 1.165) is 17.5 Å². The largest absolute Gasteiger partial charge is 0.369 e. The van der Waals surface area contributed by atoms with Crippen molar-refractivity contribution in [2.24, 2.45) is 5.10 Å². The molecule has 142 valence electrons. The first-order chi connectivity index (χ1) is 12.7. The summed E-state index contributed by atoms with van der Waals surface area (Å²) < 4.78 is 13.7. The van der Waals surface area contributed by atoms with Crippen molar-refractivity contribution in [3.63, 3.8) is 0 Å². The predicted octanol–water partition coefficient (Wildman–Crippen LogP) is 4.62. The summed E-state index contributed by atoms with van der Waals surface area (Å²) in [5, 5.41) is 4.04. The van der Waals surface area contributed by atoms with Crippen LogP contribution in [0.15, 0.2) is 41.5 Å². The summed E-state index contributed by atoms with van der Waals surface area (Å²) in [5.74, 6) is -0.684. The lowest BCUT2D eigenvalue weighted by Crippen LogP contribution is -2.45. The van der Waals surface area contributed by atoms with Gasteiger partial charge in [-0.2, -0.15) is 5.10 Å². The molecule has 0 fully saturated rings. The minimum Gasteiger partial charge on any atom is -0.369 e. The molecule has 0 saturated heterocycles. The number of carbonyl (C=O) groups is 1. The average molecular weight is 367 g/mol. The van der Waals surface area contributed by atoms with Crippen molar-refractivity contribution in [3.8, 4) is 0 Å². The first-order valence-corrected chi connectivity index (χ1v) is 9.17. The second kappa shape index (κ2) is 7.14. The summed E-state index contributed by atoms with van der Waals surface area (Å²) in [6.07, 6.45) is 2.70. The normalized spacial score (nSPS) is 18.4. The highest BCUT2D eigenvalue weighted by molar-refractivity contribution is 5.95. The second-order valence-electron chi connectivity index (χ2n) is 7.92. The van der Waals surface area contributed by atoms with Gasteiger partial charge >= 0.3 is 0 Å². The van der Waals surface area contributed by atoms with Crippen LogP contribution < -0.4 is 10.3 Å². The lowest BCUT2D eigenvalue weighted by Gasteiger charge is -2.45. The Labute approximate surface area is 160 Å². The van der Waals surface area contributed by atoms with Crippen molar-refractivity contribution >= 4 is 17.8 Å². The number of hydrogen-bond acceptors (Lipinski definition) is 3. The highest BCUT2D eigenvalue weighted by Crippen LogP contribution is 2.43. The van der Waals surface area contributed by atoms with Crippen LogP contribution in [0.2, 0.25) is 0 Å². The lowest BCUT2D eigenvalue weighted by molar-refractivity contribution is 0.0951. The molecule has 2 aromatic carbocycles. The van der Waals surface area contributed by atoms with Gasteiger partial charge in [0.2, 0.25) is 0 Å². The number of hydrogen-bond donors (Lipinski definition) is 1. The zero-order valence-corrected chi connectivity index (χ0v) is 16.5. The summed E-state index contributed by atoms with van der Waals surface area (Å²) in [6.45, 7) is 8.79. The number of carbonyl (C=O) groups excluding carboxylic acids is 1. The number of aryl methyl sites for hydroxylation is 1. The molecular formula is C22H26FN3O.